The van der Waals surface area contributed by atoms with Crippen molar-refractivity contribution in [2.24, 2.45) is 0 Å². The smallest absolute Gasteiger partial charge is 0.260 e. The van der Waals surface area contributed by atoms with Crippen molar-refractivity contribution in [1.82, 2.24) is 14.7 Å². The highest BCUT2D eigenvalue weighted by Gasteiger charge is 2.17. The fourth-order valence-corrected chi connectivity index (χ4v) is 4.45. The molecule has 5 aromatic rings. The fourth-order valence-electron chi connectivity index (χ4n) is 4.45. The summed E-state index contributed by atoms with van der Waals surface area (Å²) in [5.74, 6) is 1.15. The lowest BCUT2D eigenvalue weighted by atomic mass is 10.1. The topological polar surface area (TPSA) is 48.3 Å². The molecule has 5 nitrogen and oxygen atoms in total. The Kier molecular flexibility index (Phi) is 5.04. The minimum absolute atomic E-state index is 0.541. The average molecular weight is 447 g/mol. The van der Waals surface area contributed by atoms with Crippen LogP contribution in [0.4, 0.5) is 0 Å². The molecule has 0 saturated carbocycles. The van der Waals surface area contributed by atoms with Gasteiger partial charge in [0, 0.05) is 34.8 Å². The molecule has 0 aliphatic carbocycles. The molecule has 6 rings (SSSR count). The van der Waals surface area contributed by atoms with Gasteiger partial charge in [-0.2, -0.15) is 4.98 Å². The van der Waals surface area contributed by atoms with Gasteiger partial charge in [0.15, 0.2) is 0 Å². The van der Waals surface area contributed by atoms with Crippen LogP contribution in [0.3, 0.4) is 0 Å². The number of benzene rings is 3. The van der Waals surface area contributed by atoms with Crippen LogP contribution in [0.2, 0.25) is 0 Å². The van der Waals surface area contributed by atoms with Crippen LogP contribution in [0.1, 0.15) is 22.3 Å². The second-order valence-electron chi connectivity index (χ2n) is 9.00. The van der Waals surface area contributed by atoms with E-state index in [1.165, 1.54) is 27.2 Å². The van der Waals surface area contributed by atoms with E-state index in [4.69, 9.17) is 9.51 Å². The van der Waals surface area contributed by atoms with Gasteiger partial charge in [-0.3, -0.25) is 0 Å². The van der Waals surface area contributed by atoms with Gasteiger partial charge in [-0.15, -0.1) is 6.08 Å². The maximum Gasteiger partial charge on any atom is 0.260 e. The normalized spacial score (nSPS) is 14.8. The third-order valence-corrected chi connectivity index (χ3v) is 6.61. The van der Waals surface area contributed by atoms with E-state index < -0.39 is 0 Å². The largest absolute Gasteiger partial charge is 0.421 e. The van der Waals surface area contributed by atoms with Gasteiger partial charge in [0.05, 0.1) is 12.1 Å². The lowest BCUT2D eigenvalue weighted by molar-refractivity contribution is -0.840. The Balaban J connectivity index is 1.31. The lowest BCUT2D eigenvalue weighted by Gasteiger charge is -2.29. The van der Waals surface area contributed by atoms with Crippen molar-refractivity contribution >= 4 is 10.9 Å². The first-order valence-electron chi connectivity index (χ1n) is 11.6. The lowest BCUT2D eigenvalue weighted by Crippen LogP contribution is -3.06. The van der Waals surface area contributed by atoms with E-state index in [1.54, 1.807) is 0 Å². The molecule has 0 radical (unpaired) electrons. The fraction of sp³-hybridized carbons (Fsp3) is 0.138. The van der Waals surface area contributed by atoms with Crippen LogP contribution in [0.25, 0.3) is 33.7 Å². The molecular weight excluding hydrogens is 420 g/mol. The molecule has 0 fully saturated rings. The summed E-state index contributed by atoms with van der Waals surface area (Å²) in [7, 11) is 0. The Morgan fingerprint density at radius 1 is 0.941 bits per heavy atom. The molecule has 1 atom stereocenters. The van der Waals surface area contributed by atoms with Gasteiger partial charge < -0.3 is 14.0 Å². The van der Waals surface area contributed by atoms with Crippen LogP contribution >= 0.6 is 0 Å². The maximum atomic E-state index is 5.74. The Bertz CT molecular complexity index is 1510. The van der Waals surface area contributed by atoms with Gasteiger partial charge >= 0.3 is 0 Å². The van der Waals surface area contributed by atoms with Crippen molar-refractivity contribution in [2.45, 2.75) is 26.9 Å². The van der Waals surface area contributed by atoms with Crippen LogP contribution in [-0.4, -0.2) is 14.7 Å². The Morgan fingerprint density at radius 3 is 2.50 bits per heavy atom. The molecule has 0 spiro atoms. The molecule has 3 aromatic carbocycles. The summed E-state index contributed by atoms with van der Waals surface area (Å²) >= 11 is 0. The third kappa shape index (κ3) is 3.80. The number of fused-ring (bicyclic) bond motifs is 1. The van der Waals surface area contributed by atoms with E-state index in [0.29, 0.717) is 11.7 Å². The van der Waals surface area contributed by atoms with E-state index >= 15 is 0 Å². The van der Waals surface area contributed by atoms with E-state index in [-0.39, 0.29) is 0 Å². The number of hydrogen-bond donors (Lipinski definition) is 1. The molecule has 5 heteroatoms. The molecule has 34 heavy (non-hydrogen) atoms. The quantitative estimate of drug-likeness (QED) is 0.369. The predicted octanol–water partition coefficient (Wildman–Crippen LogP) is 5.10. The summed E-state index contributed by atoms with van der Waals surface area (Å²) in [5.41, 5.74) is 8.23. The summed E-state index contributed by atoms with van der Waals surface area (Å²) in [6.45, 7) is 8.19. The third-order valence-electron chi connectivity index (χ3n) is 6.61. The first-order chi connectivity index (χ1) is 16.6. The second kappa shape index (κ2) is 8.36. The van der Waals surface area contributed by atoms with Gasteiger partial charge in [-0.05, 0) is 36.6 Å². The van der Waals surface area contributed by atoms with Crippen LogP contribution in [0, 0.1) is 20.4 Å². The molecule has 0 bridgehead atoms. The number of para-hydroxylation sites is 1. The minimum atomic E-state index is 0.541. The number of aryl methyl sites for hydroxylation is 2. The average Bonchev–Trinajstić information content (AvgIpc) is 3.45. The molecule has 0 saturated heterocycles. The molecule has 3 heterocycles. The van der Waals surface area contributed by atoms with E-state index in [1.807, 2.05) is 0 Å². The summed E-state index contributed by atoms with van der Waals surface area (Å²) in [6.07, 6.45) is 6.35. The molecule has 1 N–H and O–H groups in total. The van der Waals surface area contributed by atoms with Crippen molar-refractivity contribution < 1.29 is 9.42 Å². The van der Waals surface area contributed by atoms with Crippen molar-refractivity contribution in [2.75, 3.05) is 0 Å². The number of aromatic nitrogens is 3. The summed E-state index contributed by atoms with van der Waals surface area (Å²) in [4.78, 5) is 6.10. The highest BCUT2D eigenvalue weighted by Crippen LogP contribution is 2.31. The first-order valence-corrected chi connectivity index (χ1v) is 11.6. The van der Waals surface area contributed by atoms with E-state index in [9.17, 15) is 0 Å². The van der Waals surface area contributed by atoms with Gasteiger partial charge in [0.25, 0.3) is 5.89 Å². The number of nitrogens with one attached hydrogen (secondary N) is 1. The molecule has 1 unspecified atom stereocenters. The highest BCUT2D eigenvalue weighted by molar-refractivity contribution is 5.94. The molecule has 0 amide bonds. The monoisotopic (exact) mass is 446 g/mol. The summed E-state index contributed by atoms with van der Waals surface area (Å²) in [6, 6.07) is 23.4. The van der Waals surface area contributed by atoms with Crippen molar-refractivity contribution in [1.29, 1.82) is 0 Å². The number of quaternary nitrogens is 1. The molecule has 168 valence electrons. The van der Waals surface area contributed by atoms with E-state index in [2.05, 4.69) is 115 Å². The molecule has 1 aliphatic heterocycles. The SMILES string of the molecule is Cc1ccc(Cn2cc(-c3nc(-c4ccc(C[NH+]5C=C[CH-]5)cc4)no3)c3ccccc32)cc1C. The zero-order valence-electron chi connectivity index (χ0n) is 19.3. The molecule has 2 aromatic heterocycles. The van der Waals surface area contributed by atoms with Crippen molar-refractivity contribution in [3.05, 3.63) is 114 Å². The number of rotatable bonds is 6. The zero-order valence-corrected chi connectivity index (χ0v) is 19.3. The molecule has 1 aliphatic rings. The van der Waals surface area contributed by atoms with Gasteiger partial charge in [0.1, 0.15) is 0 Å². The highest BCUT2D eigenvalue weighted by atomic mass is 16.5. The van der Waals surface area contributed by atoms with E-state index in [0.717, 1.165) is 35.1 Å². The Hall–Kier alpha value is -4.09. The van der Waals surface area contributed by atoms with Crippen LogP contribution < -0.4 is 4.90 Å². The van der Waals surface area contributed by atoms with Gasteiger partial charge in [-0.25, -0.2) is 0 Å². The zero-order chi connectivity index (χ0) is 23.1. The molecular formula is C29H26N4O. The van der Waals surface area contributed by atoms with Crippen LogP contribution in [0.5, 0.6) is 0 Å². The maximum absolute atomic E-state index is 5.74. The summed E-state index contributed by atoms with van der Waals surface area (Å²) < 4.78 is 8.00. The number of nitrogens with zero attached hydrogens (tertiary/aromatic N) is 3. The van der Waals surface area contributed by atoms with Crippen molar-refractivity contribution in [3.63, 3.8) is 0 Å². The standard InChI is InChI=1S/C29H26N4O/c1-20-8-9-23(16-21(20)2)18-33-19-26(25-6-3-4-7-27(25)33)29-30-28(31-34-29)24-12-10-22(11-13-24)17-32-14-5-15-32/h3-16,19,32H,17-18H2,1-2H3. The van der Waals surface area contributed by atoms with Crippen LogP contribution in [0.15, 0.2) is 89.7 Å². The van der Waals surface area contributed by atoms with Gasteiger partial charge in [-0.1, -0.05) is 78.6 Å². The van der Waals surface area contributed by atoms with Gasteiger partial charge in [0.2, 0.25) is 5.82 Å². The number of hydrogen-bond acceptors (Lipinski definition) is 3. The summed E-state index contributed by atoms with van der Waals surface area (Å²) in [5, 5.41) is 5.39. The minimum Gasteiger partial charge on any atom is -0.421 e. The Labute approximate surface area is 199 Å². The second-order valence-corrected chi connectivity index (χ2v) is 9.00. The first kappa shape index (κ1) is 20.5. The Morgan fingerprint density at radius 2 is 1.74 bits per heavy atom. The van der Waals surface area contributed by atoms with Crippen LogP contribution in [-0.2, 0) is 13.1 Å². The van der Waals surface area contributed by atoms with Crippen molar-refractivity contribution in [3.8, 4) is 22.8 Å². The predicted molar refractivity (Wildman–Crippen MR) is 134 cm³/mol.